The molecule has 6 heteroatoms. The quantitative estimate of drug-likeness (QED) is 0.859. The van der Waals surface area contributed by atoms with Crippen LogP contribution in [0.25, 0.3) is 0 Å². The molecule has 2 heterocycles. The fraction of sp³-hybridized carbons (Fsp3) is 0.583. The molecular weight excluding hydrogens is 228 g/mol. The summed E-state index contributed by atoms with van der Waals surface area (Å²) in [7, 11) is 3.88. The van der Waals surface area contributed by atoms with Gasteiger partial charge >= 0.3 is 0 Å². The van der Waals surface area contributed by atoms with Crippen LogP contribution >= 0.6 is 0 Å². The summed E-state index contributed by atoms with van der Waals surface area (Å²) in [5.74, 6) is 0.933. The van der Waals surface area contributed by atoms with Gasteiger partial charge in [-0.3, -0.25) is 4.68 Å². The van der Waals surface area contributed by atoms with Crippen molar-refractivity contribution in [3.63, 3.8) is 0 Å². The Morgan fingerprint density at radius 2 is 2.22 bits per heavy atom. The average Bonchev–Trinajstić information content (AvgIpc) is 2.89. The summed E-state index contributed by atoms with van der Waals surface area (Å²) in [5, 5.41) is 11.9. The number of rotatable bonds is 5. The topological polar surface area (TPSA) is 60.6 Å². The van der Waals surface area contributed by atoms with Crippen LogP contribution in [0, 0.1) is 6.92 Å². The van der Waals surface area contributed by atoms with Crippen LogP contribution in [0.3, 0.4) is 0 Å². The molecule has 0 saturated heterocycles. The monoisotopic (exact) mass is 248 g/mol. The highest BCUT2D eigenvalue weighted by molar-refractivity contribution is 5.19. The first-order valence-electron chi connectivity index (χ1n) is 6.22. The Morgan fingerprint density at radius 3 is 2.78 bits per heavy atom. The third-order valence-electron chi connectivity index (χ3n) is 2.96. The number of nitrogens with one attached hydrogen (secondary N) is 1. The van der Waals surface area contributed by atoms with Gasteiger partial charge in [-0.15, -0.1) is 0 Å². The van der Waals surface area contributed by atoms with Crippen LogP contribution in [0.15, 0.2) is 12.4 Å². The maximum Gasteiger partial charge on any atom is 0.150 e. The fourth-order valence-electron chi connectivity index (χ4n) is 2.19. The lowest BCUT2D eigenvalue weighted by atomic mass is 10.2. The molecule has 0 fully saturated rings. The standard InChI is InChI=1S/C12H20N6/c1-5-6-18-12(14-8-15-18)11(13-3)10-7-9(2)16-17(10)4/h7-8,11,13H,5-6H2,1-4H3. The maximum atomic E-state index is 4.38. The lowest BCUT2D eigenvalue weighted by molar-refractivity contribution is 0.506. The summed E-state index contributed by atoms with van der Waals surface area (Å²) >= 11 is 0. The zero-order valence-electron chi connectivity index (χ0n) is 11.4. The molecule has 0 aromatic carbocycles. The van der Waals surface area contributed by atoms with E-state index in [-0.39, 0.29) is 6.04 Å². The van der Waals surface area contributed by atoms with E-state index >= 15 is 0 Å². The SMILES string of the molecule is CCCn1ncnc1C(NC)c1cc(C)nn1C. The van der Waals surface area contributed by atoms with Crippen LogP contribution in [0.1, 0.15) is 36.6 Å². The van der Waals surface area contributed by atoms with Gasteiger partial charge in [0, 0.05) is 13.6 Å². The van der Waals surface area contributed by atoms with E-state index in [9.17, 15) is 0 Å². The van der Waals surface area contributed by atoms with E-state index in [0.717, 1.165) is 30.2 Å². The molecule has 0 radical (unpaired) electrons. The summed E-state index contributed by atoms with van der Waals surface area (Å²) in [6.07, 6.45) is 2.65. The Kier molecular flexibility index (Phi) is 3.76. The second-order valence-electron chi connectivity index (χ2n) is 4.40. The molecule has 1 N–H and O–H groups in total. The van der Waals surface area contributed by atoms with Crippen molar-refractivity contribution in [2.45, 2.75) is 32.9 Å². The van der Waals surface area contributed by atoms with Gasteiger partial charge in [-0.25, -0.2) is 9.67 Å². The molecule has 2 aromatic heterocycles. The molecule has 0 bridgehead atoms. The minimum atomic E-state index is 0.0187. The second-order valence-corrected chi connectivity index (χ2v) is 4.40. The van der Waals surface area contributed by atoms with E-state index in [1.54, 1.807) is 6.33 Å². The highest BCUT2D eigenvalue weighted by Crippen LogP contribution is 2.20. The Labute approximate surface area is 107 Å². The number of hydrogen-bond donors (Lipinski definition) is 1. The maximum absolute atomic E-state index is 4.38. The third-order valence-corrected chi connectivity index (χ3v) is 2.96. The molecule has 2 rings (SSSR count). The van der Waals surface area contributed by atoms with Gasteiger partial charge in [0.1, 0.15) is 18.2 Å². The molecule has 18 heavy (non-hydrogen) atoms. The van der Waals surface area contributed by atoms with Crippen molar-refractivity contribution in [1.82, 2.24) is 29.9 Å². The van der Waals surface area contributed by atoms with Gasteiger partial charge in [0.05, 0.1) is 11.4 Å². The van der Waals surface area contributed by atoms with Crippen LogP contribution in [-0.4, -0.2) is 31.6 Å². The van der Waals surface area contributed by atoms with Crippen molar-refractivity contribution in [3.05, 3.63) is 29.6 Å². The van der Waals surface area contributed by atoms with Crippen molar-refractivity contribution in [2.24, 2.45) is 7.05 Å². The molecule has 0 spiro atoms. The van der Waals surface area contributed by atoms with Gasteiger partial charge in [0.2, 0.25) is 0 Å². The summed E-state index contributed by atoms with van der Waals surface area (Å²) in [6.45, 7) is 5.01. The lowest BCUT2D eigenvalue weighted by Crippen LogP contribution is -2.24. The zero-order chi connectivity index (χ0) is 13.1. The predicted molar refractivity (Wildman–Crippen MR) is 69.2 cm³/mol. The normalized spacial score (nSPS) is 12.9. The number of aromatic nitrogens is 5. The molecular formula is C12H20N6. The highest BCUT2D eigenvalue weighted by Gasteiger charge is 2.21. The second kappa shape index (κ2) is 5.30. The van der Waals surface area contributed by atoms with Crippen molar-refractivity contribution in [3.8, 4) is 0 Å². The number of hydrogen-bond acceptors (Lipinski definition) is 4. The molecule has 0 saturated carbocycles. The molecule has 2 aromatic rings. The van der Waals surface area contributed by atoms with Crippen LogP contribution < -0.4 is 5.32 Å². The van der Waals surface area contributed by atoms with E-state index in [2.05, 4.69) is 33.5 Å². The molecule has 0 aliphatic rings. The van der Waals surface area contributed by atoms with Crippen LogP contribution in [0.2, 0.25) is 0 Å². The molecule has 0 aliphatic heterocycles. The van der Waals surface area contributed by atoms with Gasteiger partial charge in [0.15, 0.2) is 0 Å². The van der Waals surface area contributed by atoms with Gasteiger partial charge in [-0.05, 0) is 26.5 Å². The fourth-order valence-corrected chi connectivity index (χ4v) is 2.19. The first-order valence-corrected chi connectivity index (χ1v) is 6.22. The zero-order valence-corrected chi connectivity index (χ0v) is 11.4. The first-order chi connectivity index (χ1) is 8.67. The Balaban J connectivity index is 2.39. The third kappa shape index (κ3) is 2.28. The van der Waals surface area contributed by atoms with Gasteiger partial charge in [0.25, 0.3) is 0 Å². The Morgan fingerprint density at radius 1 is 1.44 bits per heavy atom. The van der Waals surface area contributed by atoms with Crippen molar-refractivity contribution in [1.29, 1.82) is 0 Å². The van der Waals surface area contributed by atoms with E-state index in [1.807, 2.05) is 30.4 Å². The largest absolute Gasteiger partial charge is 0.305 e. The molecule has 0 aliphatic carbocycles. The van der Waals surface area contributed by atoms with Crippen LogP contribution in [-0.2, 0) is 13.6 Å². The highest BCUT2D eigenvalue weighted by atomic mass is 15.4. The predicted octanol–water partition coefficient (Wildman–Crippen LogP) is 1.04. The van der Waals surface area contributed by atoms with Crippen molar-refractivity contribution in [2.75, 3.05) is 7.05 Å². The van der Waals surface area contributed by atoms with E-state index in [4.69, 9.17) is 0 Å². The Bertz CT molecular complexity index is 512. The summed E-state index contributed by atoms with van der Waals surface area (Å²) < 4.78 is 3.84. The minimum absolute atomic E-state index is 0.0187. The number of aryl methyl sites for hydroxylation is 3. The lowest BCUT2D eigenvalue weighted by Gasteiger charge is -2.16. The van der Waals surface area contributed by atoms with Gasteiger partial charge in [-0.1, -0.05) is 6.92 Å². The van der Waals surface area contributed by atoms with Crippen LogP contribution in [0.5, 0.6) is 0 Å². The van der Waals surface area contributed by atoms with Gasteiger partial charge < -0.3 is 5.32 Å². The molecule has 0 amide bonds. The molecule has 1 atom stereocenters. The van der Waals surface area contributed by atoms with E-state index in [1.165, 1.54) is 0 Å². The summed E-state index contributed by atoms with van der Waals surface area (Å²) in [4.78, 5) is 4.38. The van der Waals surface area contributed by atoms with Crippen LogP contribution in [0.4, 0.5) is 0 Å². The van der Waals surface area contributed by atoms with Crippen molar-refractivity contribution < 1.29 is 0 Å². The summed E-state index contributed by atoms with van der Waals surface area (Å²) in [6, 6.07) is 2.09. The summed E-state index contributed by atoms with van der Waals surface area (Å²) in [5.41, 5.74) is 2.11. The molecule has 98 valence electrons. The minimum Gasteiger partial charge on any atom is -0.305 e. The van der Waals surface area contributed by atoms with Crippen molar-refractivity contribution >= 4 is 0 Å². The molecule has 6 nitrogen and oxygen atoms in total. The Hall–Kier alpha value is -1.69. The molecule has 1 unspecified atom stereocenters. The average molecular weight is 248 g/mol. The van der Waals surface area contributed by atoms with E-state index < -0.39 is 0 Å². The smallest absolute Gasteiger partial charge is 0.150 e. The number of nitrogens with zero attached hydrogens (tertiary/aromatic N) is 5. The van der Waals surface area contributed by atoms with Gasteiger partial charge in [-0.2, -0.15) is 10.2 Å². The first kappa shape index (κ1) is 12.8. The van der Waals surface area contributed by atoms with E-state index in [0.29, 0.717) is 0 Å².